The molecule has 1 aliphatic carbocycles. The van der Waals surface area contributed by atoms with Gasteiger partial charge in [-0.1, -0.05) is 19.1 Å². The van der Waals surface area contributed by atoms with Gasteiger partial charge in [-0.15, -0.1) is 11.8 Å². The second-order valence-corrected chi connectivity index (χ2v) is 5.24. The standard InChI is InChI=1S/C11H19NS/c1-2-10-8-13-11(12-10)9-6-4-3-5-7-9/h3-4,9-12H,2,5-8H2,1H3. The molecule has 1 N–H and O–H groups in total. The van der Waals surface area contributed by atoms with Gasteiger partial charge in [0.15, 0.2) is 0 Å². The maximum Gasteiger partial charge on any atom is 0.0566 e. The van der Waals surface area contributed by atoms with E-state index in [1.165, 1.54) is 31.4 Å². The average molecular weight is 197 g/mol. The highest BCUT2D eigenvalue weighted by Gasteiger charge is 2.29. The Bertz CT molecular complexity index is 191. The first-order chi connectivity index (χ1) is 6.40. The van der Waals surface area contributed by atoms with Crippen molar-refractivity contribution in [3.8, 4) is 0 Å². The molecule has 1 fully saturated rings. The SMILES string of the molecule is CCC1CSC(C2CC=CCC2)N1. The van der Waals surface area contributed by atoms with Crippen LogP contribution in [0.2, 0.25) is 0 Å². The minimum absolute atomic E-state index is 0.745. The van der Waals surface area contributed by atoms with Gasteiger partial charge in [0.05, 0.1) is 5.37 Å². The van der Waals surface area contributed by atoms with Gasteiger partial charge in [-0.25, -0.2) is 0 Å². The van der Waals surface area contributed by atoms with Crippen molar-refractivity contribution in [2.45, 2.75) is 44.0 Å². The Morgan fingerprint density at radius 3 is 3.00 bits per heavy atom. The van der Waals surface area contributed by atoms with Gasteiger partial charge in [-0.05, 0) is 31.6 Å². The van der Waals surface area contributed by atoms with E-state index in [-0.39, 0.29) is 0 Å². The molecular formula is C11H19NS. The van der Waals surface area contributed by atoms with Crippen LogP contribution in [0, 0.1) is 5.92 Å². The summed E-state index contributed by atoms with van der Waals surface area (Å²) in [5, 5.41) is 4.48. The summed E-state index contributed by atoms with van der Waals surface area (Å²) in [6.45, 7) is 2.28. The van der Waals surface area contributed by atoms with Crippen LogP contribution in [-0.2, 0) is 0 Å². The van der Waals surface area contributed by atoms with Crippen LogP contribution < -0.4 is 5.32 Å². The van der Waals surface area contributed by atoms with Crippen LogP contribution in [0.3, 0.4) is 0 Å². The van der Waals surface area contributed by atoms with Gasteiger partial charge in [-0.3, -0.25) is 0 Å². The highest BCUT2D eigenvalue weighted by Crippen LogP contribution is 2.32. The highest BCUT2D eigenvalue weighted by molar-refractivity contribution is 8.00. The zero-order valence-electron chi connectivity index (χ0n) is 8.33. The first-order valence-corrected chi connectivity index (χ1v) is 6.47. The lowest BCUT2D eigenvalue weighted by molar-refractivity contribution is 0.398. The molecular weight excluding hydrogens is 178 g/mol. The first kappa shape index (κ1) is 9.60. The lowest BCUT2D eigenvalue weighted by Gasteiger charge is -2.24. The van der Waals surface area contributed by atoms with Gasteiger partial charge in [0.1, 0.15) is 0 Å². The van der Waals surface area contributed by atoms with Crippen molar-refractivity contribution >= 4 is 11.8 Å². The molecule has 0 spiro atoms. The number of allylic oxidation sites excluding steroid dienone is 2. The number of rotatable bonds is 2. The Hall–Kier alpha value is 0.0500. The fraction of sp³-hybridized carbons (Fsp3) is 0.818. The van der Waals surface area contributed by atoms with E-state index in [0.29, 0.717) is 0 Å². The zero-order chi connectivity index (χ0) is 9.10. The maximum absolute atomic E-state index is 3.74. The van der Waals surface area contributed by atoms with E-state index >= 15 is 0 Å². The quantitative estimate of drug-likeness (QED) is 0.683. The van der Waals surface area contributed by atoms with Crippen molar-refractivity contribution in [3.05, 3.63) is 12.2 Å². The molecule has 1 heterocycles. The van der Waals surface area contributed by atoms with Crippen LogP contribution in [0.15, 0.2) is 12.2 Å². The third-order valence-corrected chi connectivity index (χ3v) is 4.58. The molecule has 1 saturated heterocycles. The molecule has 1 nitrogen and oxygen atoms in total. The van der Waals surface area contributed by atoms with Crippen LogP contribution in [0.25, 0.3) is 0 Å². The van der Waals surface area contributed by atoms with Crippen LogP contribution in [0.4, 0.5) is 0 Å². The number of thioether (sulfide) groups is 1. The normalized spacial score (nSPS) is 39.6. The summed E-state index contributed by atoms with van der Waals surface area (Å²) in [4.78, 5) is 0. The molecule has 0 aromatic heterocycles. The Kier molecular flexibility index (Phi) is 3.33. The third kappa shape index (κ3) is 2.29. The molecule has 0 saturated carbocycles. The van der Waals surface area contributed by atoms with Gasteiger partial charge in [0.2, 0.25) is 0 Å². The molecule has 2 rings (SSSR count). The predicted molar refractivity (Wildman–Crippen MR) is 59.9 cm³/mol. The van der Waals surface area contributed by atoms with Gasteiger partial charge < -0.3 is 5.32 Å². The summed E-state index contributed by atoms with van der Waals surface area (Å²) < 4.78 is 0. The minimum Gasteiger partial charge on any atom is -0.301 e. The molecule has 0 amide bonds. The summed E-state index contributed by atoms with van der Waals surface area (Å²) in [5.41, 5.74) is 0. The van der Waals surface area contributed by atoms with Gasteiger partial charge in [0.25, 0.3) is 0 Å². The predicted octanol–water partition coefficient (Wildman–Crippen LogP) is 2.78. The molecule has 0 aromatic carbocycles. The first-order valence-electron chi connectivity index (χ1n) is 5.42. The second kappa shape index (κ2) is 4.52. The highest BCUT2D eigenvalue weighted by atomic mass is 32.2. The molecule has 0 aromatic rings. The molecule has 74 valence electrons. The average Bonchev–Trinajstić information content (AvgIpc) is 2.67. The van der Waals surface area contributed by atoms with Crippen molar-refractivity contribution < 1.29 is 0 Å². The van der Waals surface area contributed by atoms with Crippen LogP contribution in [-0.4, -0.2) is 17.2 Å². The van der Waals surface area contributed by atoms with E-state index in [1.54, 1.807) is 0 Å². The molecule has 1 aliphatic heterocycles. The van der Waals surface area contributed by atoms with Crippen molar-refractivity contribution in [2.75, 3.05) is 5.75 Å². The number of hydrogen-bond acceptors (Lipinski definition) is 2. The van der Waals surface area contributed by atoms with Crippen molar-refractivity contribution in [3.63, 3.8) is 0 Å². The smallest absolute Gasteiger partial charge is 0.0566 e. The van der Waals surface area contributed by atoms with Gasteiger partial charge in [0, 0.05) is 11.8 Å². The molecule has 3 unspecified atom stereocenters. The van der Waals surface area contributed by atoms with Crippen molar-refractivity contribution in [2.24, 2.45) is 5.92 Å². The lowest BCUT2D eigenvalue weighted by Crippen LogP contribution is -2.34. The summed E-state index contributed by atoms with van der Waals surface area (Å²) in [7, 11) is 0. The monoisotopic (exact) mass is 197 g/mol. The van der Waals surface area contributed by atoms with Crippen LogP contribution >= 0.6 is 11.8 Å². The van der Waals surface area contributed by atoms with E-state index in [4.69, 9.17) is 0 Å². The van der Waals surface area contributed by atoms with E-state index in [1.807, 2.05) is 0 Å². The Morgan fingerprint density at radius 2 is 2.38 bits per heavy atom. The molecule has 13 heavy (non-hydrogen) atoms. The molecule has 2 aliphatic rings. The van der Waals surface area contributed by atoms with Crippen LogP contribution in [0.1, 0.15) is 32.6 Å². The second-order valence-electron chi connectivity index (χ2n) is 4.07. The number of nitrogens with one attached hydrogen (secondary N) is 1. The fourth-order valence-electron chi connectivity index (χ4n) is 2.15. The third-order valence-electron chi connectivity index (χ3n) is 3.11. The Morgan fingerprint density at radius 1 is 1.46 bits per heavy atom. The lowest BCUT2D eigenvalue weighted by atomic mass is 9.94. The van der Waals surface area contributed by atoms with E-state index < -0.39 is 0 Å². The Labute approximate surface area is 85.4 Å². The molecule has 3 atom stereocenters. The summed E-state index contributed by atoms with van der Waals surface area (Å²) in [6.07, 6.45) is 9.94. The minimum atomic E-state index is 0.745. The molecule has 0 bridgehead atoms. The zero-order valence-corrected chi connectivity index (χ0v) is 9.15. The van der Waals surface area contributed by atoms with Crippen molar-refractivity contribution in [1.29, 1.82) is 0 Å². The summed E-state index contributed by atoms with van der Waals surface area (Å²) in [6, 6.07) is 0.779. The topological polar surface area (TPSA) is 12.0 Å². The van der Waals surface area contributed by atoms with Crippen molar-refractivity contribution in [1.82, 2.24) is 5.32 Å². The Balaban J connectivity index is 1.84. The van der Waals surface area contributed by atoms with E-state index in [0.717, 1.165) is 17.3 Å². The summed E-state index contributed by atoms with van der Waals surface area (Å²) in [5.74, 6) is 2.22. The fourth-order valence-corrected chi connectivity index (χ4v) is 3.73. The van der Waals surface area contributed by atoms with E-state index in [9.17, 15) is 0 Å². The maximum atomic E-state index is 3.74. The van der Waals surface area contributed by atoms with Gasteiger partial charge >= 0.3 is 0 Å². The van der Waals surface area contributed by atoms with Crippen LogP contribution in [0.5, 0.6) is 0 Å². The molecule has 0 radical (unpaired) electrons. The number of hydrogen-bond donors (Lipinski definition) is 1. The molecule has 2 heteroatoms. The summed E-state index contributed by atoms with van der Waals surface area (Å²) >= 11 is 2.14. The largest absolute Gasteiger partial charge is 0.301 e. The van der Waals surface area contributed by atoms with E-state index in [2.05, 4.69) is 36.2 Å². The van der Waals surface area contributed by atoms with Gasteiger partial charge in [-0.2, -0.15) is 0 Å².